The molecule has 0 bridgehead atoms. The number of rotatable bonds is 11. The molecule has 0 aliphatic carbocycles. The number of unbranched alkanes of at least 4 members (excludes halogenated alkanes) is 9. The van der Waals surface area contributed by atoms with Crippen molar-refractivity contribution in [1.29, 1.82) is 0 Å². The van der Waals surface area contributed by atoms with Crippen LogP contribution in [0, 0.1) is 6.92 Å². The van der Waals surface area contributed by atoms with Crippen LogP contribution in [0.25, 0.3) is 0 Å². The number of benzene rings is 1. The van der Waals surface area contributed by atoms with Gasteiger partial charge in [0.25, 0.3) is 0 Å². The molecule has 0 amide bonds. The minimum atomic E-state index is 0.775. The van der Waals surface area contributed by atoms with Crippen LogP contribution < -0.4 is 5.73 Å². The van der Waals surface area contributed by atoms with E-state index >= 15 is 0 Å². The highest BCUT2D eigenvalue weighted by Gasteiger charge is 1.91. The van der Waals surface area contributed by atoms with E-state index in [4.69, 9.17) is 5.73 Å². The number of carbonyl (C=O) groups excluding carboxylic acids is 1. The second-order valence-electron chi connectivity index (χ2n) is 5.95. The van der Waals surface area contributed by atoms with Crippen molar-refractivity contribution in [2.24, 2.45) is 5.73 Å². The van der Waals surface area contributed by atoms with Gasteiger partial charge < -0.3 is 5.73 Å². The monoisotopic (exact) mass is 305 g/mol. The fourth-order valence-corrected chi connectivity index (χ4v) is 2.35. The van der Waals surface area contributed by atoms with Gasteiger partial charge in [-0.05, 0) is 25.5 Å². The summed E-state index contributed by atoms with van der Waals surface area (Å²) in [7, 11) is 0. The van der Waals surface area contributed by atoms with Crippen molar-refractivity contribution < 1.29 is 4.79 Å². The lowest BCUT2D eigenvalue weighted by Crippen LogP contribution is -1.97. The van der Waals surface area contributed by atoms with Gasteiger partial charge >= 0.3 is 0 Å². The third kappa shape index (κ3) is 12.6. The van der Waals surface area contributed by atoms with E-state index in [1.54, 1.807) is 0 Å². The second kappa shape index (κ2) is 16.2. The number of carbonyl (C=O) groups is 1. The number of hydrogen-bond acceptors (Lipinski definition) is 2. The van der Waals surface area contributed by atoms with E-state index in [-0.39, 0.29) is 0 Å². The van der Waals surface area contributed by atoms with Crippen molar-refractivity contribution in [3.63, 3.8) is 0 Å². The molecule has 0 aliphatic heterocycles. The zero-order chi connectivity index (χ0) is 16.5. The van der Waals surface area contributed by atoms with Crippen LogP contribution in [0.5, 0.6) is 0 Å². The topological polar surface area (TPSA) is 43.1 Å². The zero-order valence-electron chi connectivity index (χ0n) is 14.7. The van der Waals surface area contributed by atoms with Gasteiger partial charge in [-0.15, -0.1) is 0 Å². The highest BCUT2D eigenvalue weighted by Crippen LogP contribution is 2.09. The van der Waals surface area contributed by atoms with Crippen LogP contribution in [-0.2, 0) is 0 Å². The fraction of sp³-hybridized carbons (Fsp3) is 0.650. The predicted octanol–water partition coefficient (Wildman–Crippen LogP) is 5.67. The SMILES string of the molecule is CCCCCCCCCCCCN.Cc1ccccc1C=O. The number of aryl methyl sites for hydroxylation is 1. The predicted molar refractivity (Wildman–Crippen MR) is 97.5 cm³/mol. The molecule has 2 heteroatoms. The van der Waals surface area contributed by atoms with Crippen LogP contribution in [-0.4, -0.2) is 12.8 Å². The first kappa shape index (κ1) is 20.9. The fourth-order valence-electron chi connectivity index (χ4n) is 2.35. The summed E-state index contributed by atoms with van der Waals surface area (Å²) in [5.41, 5.74) is 7.23. The Labute approximate surface area is 137 Å². The summed E-state index contributed by atoms with van der Waals surface area (Å²) in [6.45, 7) is 5.06. The van der Waals surface area contributed by atoms with Gasteiger partial charge in [-0.2, -0.15) is 0 Å². The van der Waals surface area contributed by atoms with Crippen molar-refractivity contribution in [1.82, 2.24) is 0 Å². The summed E-state index contributed by atoms with van der Waals surface area (Å²) in [6.07, 6.45) is 14.8. The van der Waals surface area contributed by atoms with E-state index in [0.29, 0.717) is 0 Å². The molecule has 0 aromatic heterocycles. The Hall–Kier alpha value is -1.15. The lowest BCUT2D eigenvalue weighted by atomic mass is 10.1. The van der Waals surface area contributed by atoms with Crippen LogP contribution in [0.3, 0.4) is 0 Å². The molecule has 22 heavy (non-hydrogen) atoms. The quantitative estimate of drug-likeness (QED) is 0.422. The van der Waals surface area contributed by atoms with Crippen LogP contribution >= 0.6 is 0 Å². The average Bonchev–Trinajstić information content (AvgIpc) is 2.54. The summed E-state index contributed by atoms with van der Waals surface area (Å²) in [4.78, 5) is 10.2. The Balaban J connectivity index is 0.000000425. The van der Waals surface area contributed by atoms with Crippen molar-refractivity contribution in [3.8, 4) is 0 Å². The molecule has 1 aromatic carbocycles. The number of nitrogens with two attached hydrogens (primary N) is 1. The molecule has 1 aromatic rings. The first-order valence-electron chi connectivity index (χ1n) is 8.97. The summed E-state index contributed by atoms with van der Waals surface area (Å²) in [5.74, 6) is 0. The van der Waals surface area contributed by atoms with Gasteiger partial charge in [0.05, 0.1) is 0 Å². The standard InChI is InChI=1S/C12H27N.C8H8O/c1-2-3-4-5-6-7-8-9-10-11-12-13;1-7-4-2-3-5-8(7)6-9/h2-13H2,1H3;2-6H,1H3. The van der Waals surface area contributed by atoms with Crippen molar-refractivity contribution in [3.05, 3.63) is 35.4 Å². The van der Waals surface area contributed by atoms with Crippen LogP contribution in [0.4, 0.5) is 0 Å². The molecule has 0 aliphatic rings. The molecule has 126 valence electrons. The van der Waals surface area contributed by atoms with Gasteiger partial charge in [-0.25, -0.2) is 0 Å². The normalized spacial score (nSPS) is 9.95. The second-order valence-corrected chi connectivity index (χ2v) is 5.95. The molecule has 1 rings (SSSR count). The lowest BCUT2D eigenvalue weighted by molar-refractivity contribution is 0.112. The van der Waals surface area contributed by atoms with Gasteiger partial charge in [-0.1, -0.05) is 89.0 Å². The highest BCUT2D eigenvalue weighted by atomic mass is 16.1. The summed E-state index contributed by atoms with van der Waals surface area (Å²) in [5, 5.41) is 0. The van der Waals surface area contributed by atoms with Crippen LogP contribution in [0.2, 0.25) is 0 Å². The van der Waals surface area contributed by atoms with E-state index in [1.165, 1.54) is 64.2 Å². The van der Waals surface area contributed by atoms with E-state index in [0.717, 1.165) is 24.0 Å². The Morgan fingerprint density at radius 2 is 1.36 bits per heavy atom. The summed E-state index contributed by atoms with van der Waals surface area (Å²) >= 11 is 0. The maximum absolute atomic E-state index is 10.2. The van der Waals surface area contributed by atoms with Crippen LogP contribution in [0.1, 0.15) is 87.1 Å². The van der Waals surface area contributed by atoms with Gasteiger partial charge in [0.1, 0.15) is 6.29 Å². The van der Waals surface area contributed by atoms with Crippen LogP contribution in [0.15, 0.2) is 24.3 Å². The van der Waals surface area contributed by atoms with E-state index in [2.05, 4.69) is 6.92 Å². The van der Waals surface area contributed by atoms with Gasteiger partial charge in [0.15, 0.2) is 0 Å². The molecule has 0 fully saturated rings. The van der Waals surface area contributed by atoms with Crippen molar-refractivity contribution in [2.45, 2.75) is 78.1 Å². The molecule has 0 atom stereocenters. The smallest absolute Gasteiger partial charge is 0.150 e. The van der Waals surface area contributed by atoms with E-state index in [9.17, 15) is 4.79 Å². The Bertz CT molecular complexity index is 352. The van der Waals surface area contributed by atoms with Crippen molar-refractivity contribution >= 4 is 6.29 Å². The Kier molecular flexibility index (Phi) is 15.4. The van der Waals surface area contributed by atoms with Gasteiger partial charge in [0.2, 0.25) is 0 Å². The van der Waals surface area contributed by atoms with Gasteiger partial charge in [-0.3, -0.25) is 4.79 Å². The van der Waals surface area contributed by atoms with Crippen molar-refractivity contribution in [2.75, 3.05) is 6.54 Å². The third-order valence-electron chi connectivity index (χ3n) is 3.87. The van der Waals surface area contributed by atoms with Gasteiger partial charge in [0, 0.05) is 5.56 Å². The lowest BCUT2D eigenvalue weighted by Gasteiger charge is -2.00. The average molecular weight is 306 g/mol. The molecule has 2 nitrogen and oxygen atoms in total. The maximum Gasteiger partial charge on any atom is 0.150 e. The molecule has 2 N–H and O–H groups in total. The molecular formula is C20H35NO. The molecule has 0 unspecified atom stereocenters. The molecule has 0 radical (unpaired) electrons. The molecule has 0 saturated heterocycles. The third-order valence-corrected chi connectivity index (χ3v) is 3.87. The van der Waals surface area contributed by atoms with E-state index in [1.807, 2.05) is 31.2 Å². The largest absolute Gasteiger partial charge is 0.330 e. The summed E-state index contributed by atoms with van der Waals surface area (Å²) in [6, 6.07) is 7.51. The highest BCUT2D eigenvalue weighted by molar-refractivity contribution is 5.76. The first-order valence-corrected chi connectivity index (χ1v) is 8.97. The number of aldehydes is 1. The van der Waals surface area contributed by atoms with E-state index < -0.39 is 0 Å². The summed E-state index contributed by atoms with van der Waals surface area (Å²) < 4.78 is 0. The molecule has 0 spiro atoms. The Morgan fingerprint density at radius 3 is 1.77 bits per heavy atom. The maximum atomic E-state index is 10.2. The molecular weight excluding hydrogens is 270 g/mol. The first-order chi connectivity index (χ1) is 10.8. The number of hydrogen-bond donors (Lipinski definition) is 1. The zero-order valence-corrected chi connectivity index (χ0v) is 14.7. The molecule has 0 heterocycles. The minimum Gasteiger partial charge on any atom is -0.330 e. The molecule has 0 saturated carbocycles. The minimum absolute atomic E-state index is 0.775. The Morgan fingerprint density at radius 1 is 0.864 bits per heavy atom.